The van der Waals surface area contributed by atoms with Crippen molar-refractivity contribution in [1.29, 1.82) is 0 Å². The molecule has 1 heterocycles. The van der Waals surface area contributed by atoms with Crippen molar-refractivity contribution in [2.45, 2.75) is 25.2 Å². The van der Waals surface area contributed by atoms with Crippen molar-refractivity contribution in [3.05, 3.63) is 58.9 Å². The maximum Gasteiger partial charge on any atom is 0.240 e. The maximum atomic E-state index is 12.3. The second-order valence-corrected chi connectivity index (χ2v) is 8.29. The molecule has 0 unspecified atom stereocenters. The number of hydrogen-bond donors (Lipinski definition) is 3. The molecule has 0 radical (unpaired) electrons. The van der Waals surface area contributed by atoms with Crippen LogP contribution in [0.2, 0.25) is 5.15 Å². The highest BCUT2D eigenvalue weighted by molar-refractivity contribution is 7.89. The van der Waals surface area contributed by atoms with E-state index < -0.39 is 10.0 Å². The summed E-state index contributed by atoms with van der Waals surface area (Å²) in [6, 6.07) is 10.4. The van der Waals surface area contributed by atoms with Crippen molar-refractivity contribution < 1.29 is 8.42 Å². The Hall–Kier alpha value is -2.16. The van der Waals surface area contributed by atoms with Crippen LogP contribution < -0.4 is 15.4 Å². The number of rotatable bonds is 9. The minimum atomic E-state index is -3.52. The van der Waals surface area contributed by atoms with E-state index in [1.807, 2.05) is 19.9 Å². The van der Waals surface area contributed by atoms with Gasteiger partial charge in [-0.1, -0.05) is 35.4 Å². The molecule has 0 saturated carbocycles. The van der Waals surface area contributed by atoms with Crippen LogP contribution in [0.15, 0.2) is 52.5 Å². The van der Waals surface area contributed by atoms with Gasteiger partial charge in [0, 0.05) is 25.8 Å². The number of hydrogen-bond acceptors (Lipinski definition) is 4. The van der Waals surface area contributed by atoms with Gasteiger partial charge in [0.25, 0.3) is 0 Å². The normalized spacial score (nSPS) is 12.0. The summed E-state index contributed by atoms with van der Waals surface area (Å²) in [4.78, 5) is 8.71. The Morgan fingerprint density at radius 2 is 1.86 bits per heavy atom. The molecule has 0 atom stereocenters. The summed E-state index contributed by atoms with van der Waals surface area (Å²) < 4.78 is 27.1. The molecule has 9 heteroatoms. The predicted molar refractivity (Wildman–Crippen MR) is 113 cm³/mol. The number of guanidine groups is 1. The van der Waals surface area contributed by atoms with Crippen LogP contribution in [0.5, 0.6) is 0 Å². The molecule has 28 heavy (non-hydrogen) atoms. The molecule has 2 aromatic rings. The lowest BCUT2D eigenvalue weighted by molar-refractivity contribution is 0.582. The second kappa shape index (κ2) is 11.0. The predicted octanol–water partition coefficient (Wildman–Crippen LogP) is 2.12. The topological polar surface area (TPSA) is 95.5 Å². The molecule has 0 bridgehead atoms. The molecule has 0 spiro atoms. The van der Waals surface area contributed by atoms with Crippen molar-refractivity contribution >= 4 is 27.6 Å². The first kappa shape index (κ1) is 22.1. The zero-order chi connectivity index (χ0) is 20.4. The second-order valence-electron chi connectivity index (χ2n) is 6.14. The summed E-state index contributed by atoms with van der Waals surface area (Å²) in [5, 5.41) is 6.83. The van der Waals surface area contributed by atoms with Gasteiger partial charge in [-0.05, 0) is 44.0 Å². The van der Waals surface area contributed by atoms with Gasteiger partial charge in [-0.25, -0.2) is 18.1 Å². The van der Waals surface area contributed by atoms with Gasteiger partial charge in [0.2, 0.25) is 10.0 Å². The minimum Gasteiger partial charge on any atom is -0.357 e. The molecule has 2 rings (SSSR count). The summed E-state index contributed by atoms with van der Waals surface area (Å²) in [6.45, 7) is 5.81. The third kappa shape index (κ3) is 7.46. The molecule has 0 saturated heterocycles. The van der Waals surface area contributed by atoms with Crippen LogP contribution in [-0.4, -0.2) is 45.5 Å². The molecule has 0 aliphatic heterocycles. The third-order valence-corrected chi connectivity index (χ3v) is 5.54. The molecule has 0 amide bonds. The monoisotopic (exact) mass is 423 g/mol. The lowest BCUT2D eigenvalue weighted by Gasteiger charge is -2.11. The number of benzene rings is 1. The van der Waals surface area contributed by atoms with E-state index in [0.717, 1.165) is 17.5 Å². The van der Waals surface area contributed by atoms with Gasteiger partial charge in [-0.2, -0.15) is 0 Å². The molecule has 1 aromatic heterocycles. The van der Waals surface area contributed by atoms with Crippen LogP contribution in [0.1, 0.15) is 18.1 Å². The van der Waals surface area contributed by atoms with Gasteiger partial charge in [-0.15, -0.1) is 0 Å². The Balaban J connectivity index is 1.81. The largest absolute Gasteiger partial charge is 0.357 e. The number of aryl methyl sites for hydroxylation is 1. The quantitative estimate of drug-likeness (QED) is 0.248. The first-order valence-electron chi connectivity index (χ1n) is 9.09. The highest BCUT2D eigenvalue weighted by Crippen LogP contribution is 2.09. The standard InChI is InChI=1S/C19H26ClN5O2S/c1-3-21-19(22-11-10-16-6-9-18(20)24-14-16)23-12-13-25-28(26,27)17-7-4-15(2)5-8-17/h4-9,14,25H,3,10-13H2,1-2H3,(H2,21,22,23). The Kier molecular flexibility index (Phi) is 8.69. The van der Waals surface area contributed by atoms with Crippen LogP contribution in [-0.2, 0) is 16.4 Å². The number of aromatic nitrogens is 1. The van der Waals surface area contributed by atoms with Gasteiger partial charge >= 0.3 is 0 Å². The average molecular weight is 424 g/mol. The van der Waals surface area contributed by atoms with E-state index in [2.05, 4.69) is 25.3 Å². The van der Waals surface area contributed by atoms with Crippen LogP contribution in [0.25, 0.3) is 0 Å². The van der Waals surface area contributed by atoms with E-state index in [1.165, 1.54) is 0 Å². The Morgan fingerprint density at radius 1 is 1.11 bits per heavy atom. The van der Waals surface area contributed by atoms with E-state index >= 15 is 0 Å². The maximum absolute atomic E-state index is 12.3. The molecule has 3 N–H and O–H groups in total. The highest BCUT2D eigenvalue weighted by atomic mass is 35.5. The van der Waals surface area contributed by atoms with E-state index in [0.29, 0.717) is 30.7 Å². The van der Waals surface area contributed by atoms with E-state index in [1.54, 1.807) is 36.5 Å². The number of nitrogens with one attached hydrogen (secondary N) is 3. The zero-order valence-electron chi connectivity index (χ0n) is 16.1. The third-order valence-electron chi connectivity index (χ3n) is 3.84. The molecule has 7 nitrogen and oxygen atoms in total. The number of halogens is 1. The Morgan fingerprint density at radius 3 is 2.50 bits per heavy atom. The number of pyridine rings is 1. The molecule has 0 aliphatic rings. The average Bonchev–Trinajstić information content (AvgIpc) is 2.67. The fraction of sp³-hybridized carbons (Fsp3) is 0.368. The van der Waals surface area contributed by atoms with E-state index in [9.17, 15) is 8.42 Å². The Labute approximate surface area is 171 Å². The van der Waals surface area contributed by atoms with Crippen molar-refractivity contribution in [2.24, 2.45) is 4.99 Å². The van der Waals surface area contributed by atoms with E-state index in [-0.39, 0.29) is 11.4 Å². The number of sulfonamides is 1. The fourth-order valence-corrected chi connectivity index (χ4v) is 3.50. The zero-order valence-corrected chi connectivity index (χ0v) is 17.6. The highest BCUT2D eigenvalue weighted by Gasteiger charge is 2.12. The van der Waals surface area contributed by atoms with Crippen LogP contribution in [0.4, 0.5) is 0 Å². The summed E-state index contributed by atoms with van der Waals surface area (Å²) in [5.41, 5.74) is 2.08. The molecular weight excluding hydrogens is 398 g/mol. The first-order valence-corrected chi connectivity index (χ1v) is 11.0. The summed E-state index contributed by atoms with van der Waals surface area (Å²) in [5.74, 6) is 0.638. The molecular formula is C19H26ClN5O2S. The SMILES string of the molecule is CCNC(=NCCNS(=O)(=O)c1ccc(C)cc1)NCCc1ccc(Cl)nc1. The van der Waals surface area contributed by atoms with Crippen LogP contribution in [0, 0.1) is 6.92 Å². The van der Waals surface area contributed by atoms with Gasteiger partial charge < -0.3 is 10.6 Å². The van der Waals surface area contributed by atoms with Gasteiger partial charge in [0.1, 0.15) is 5.15 Å². The van der Waals surface area contributed by atoms with Gasteiger partial charge in [0.15, 0.2) is 5.96 Å². The summed E-state index contributed by atoms with van der Waals surface area (Å²) in [7, 11) is -3.52. The molecule has 152 valence electrons. The van der Waals surface area contributed by atoms with Crippen molar-refractivity contribution in [3.8, 4) is 0 Å². The lowest BCUT2D eigenvalue weighted by Crippen LogP contribution is -2.39. The molecule has 1 aromatic carbocycles. The Bertz CT molecular complexity index is 868. The van der Waals surface area contributed by atoms with E-state index in [4.69, 9.17) is 11.6 Å². The van der Waals surface area contributed by atoms with Crippen LogP contribution >= 0.6 is 11.6 Å². The number of aliphatic imine (C=N–C) groups is 1. The van der Waals surface area contributed by atoms with Gasteiger partial charge in [-0.3, -0.25) is 4.99 Å². The van der Waals surface area contributed by atoms with Crippen molar-refractivity contribution in [2.75, 3.05) is 26.2 Å². The molecule has 0 aliphatic carbocycles. The lowest BCUT2D eigenvalue weighted by atomic mass is 10.2. The van der Waals surface area contributed by atoms with Gasteiger partial charge in [0.05, 0.1) is 11.4 Å². The fourth-order valence-electron chi connectivity index (χ4n) is 2.37. The smallest absolute Gasteiger partial charge is 0.240 e. The first-order chi connectivity index (χ1) is 13.4. The van der Waals surface area contributed by atoms with Crippen molar-refractivity contribution in [1.82, 2.24) is 20.3 Å². The van der Waals surface area contributed by atoms with Crippen molar-refractivity contribution in [3.63, 3.8) is 0 Å². The summed E-state index contributed by atoms with van der Waals surface area (Å²) >= 11 is 5.78. The molecule has 0 fully saturated rings. The van der Waals surface area contributed by atoms with Crippen LogP contribution in [0.3, 0.4) is 0 Å². The minimum absolute atomic E-state index is 0.216. The number of nitrogens with zero attached hydrogens (tertiary/aromatic N) is 2. The summed E-state index contributed by atoms with van der Waals surface area (Å²) in [6.07, 6.45) is 2.52.